The number of pyridine rings is 1. The number of hydrogen-bond acceptors (Lipinski definition) is 3. The standard InChI is InChI=1S/C19H22N4O/c1-13(2)23-18-16(12-21-23)10-17(11-20-18)19(24)22(4)14(3)15-8-6-5-7-9-15/h5-14H,1-4H3/t14-/m0/s1. The highest BCUT2D eigenvalue weighted by atomic mass is 16.2. The maximum atomic E-state index is 12.8. The number of hydrogen-bond donors (Lipinski definition) is 0. The van der Waals surface area contributed by atoms with Crippen LogP contribution in [0.15, 0.2) is 48.8 Å². The van der Waals surface area contributed by atoms with Gasteiger partial charge in [0.05, 0.1) is 17.8 Å². The van der Waals surface area contributed by atoms with Crippen molar-refractivity contribution in [3.63, 3.8) is 0 Å². The third-order valence-electron chi connectivity index (χ3n) is 4.35. The van der Waals surface area contributed by atoms with Crippen LogP contribution < -0.4 is 0 Å². The number of fused-ring (bicyclic) bond motifs is 1. The first-order chi connectivity index (χ1) is 11.5. The van der Waals surface area contributed by atoms with Crippen LogP contribution in [0.3, 0.4) is 0 Å². The van der Waals surface area contributed by atoms with Crippen LogP contribution in [0.2, 0.25) is 0 Å². The molecule has 3 aromatic rings. The van der Waals surface area contributed by atoms with Crippen LogP contribution in [0.25, 0.3) is 11.0 Å². The molecule has 2 aromatic heterocycles. The smallest absolute Gasteiger partial charge is 0.255 e. The maximum absolute atomic E-state index is 12.8. The van der Waals surface area contributed by atoms with Crippen LogP contribution in [0.1, 0.15) is 48.8 Å². The topological polar surface area (TPSA) is 51.0 Å². The zero-order chi connectivity index (χ0) is 17.3. The first-order valence-electron chi connectivity index (χ1n) is 8.14. The molecule has 0 aliphatic rings. The van der Waals surface area contributed by atoms with Crippen LogP contribution in [0, 0.1) is 0 Å². The molecule has 0 unspecified atom stereocenters. The monoisotopic (exact) mass is 322 g/mol. The molecule has 1 amide bonds. The molecule has 1 aromatic carbocycles. The Morgan fingerprint density at radius 2 is 1.83 bits per heavy atom. The zero-order valence-corrected chi connectivity index (χ0v) is 14.5. The van der Waals surface area contributed by atoms with E-state index in [0.717, 1.165) is 16.6 Å². The van der Waals surface area contributed by atoms with Gasteiger partial charge in [-0.1, -0.05) is 30.3 Å². The van der Waals surface area contributed by atoms with E-state index in [2.05, 4.69) is 23.9 Å². The lowest BCUT2D eigenvalue weighted by molar-refractivity contribution is 0.0742. The highest BCUT2D eigenvalue weighted by Crippen LogP contribution is 2.22. The maximum Gasteiger partial charge on any atom is 0.255 e. The predicted octanol–water partition coefficient (Wildman–Crippen LogP) is 3.85. The summed E-state index contributed by atoms with van der Waals surface area (Å²) in [6.45, 7) is 6.14. The van der Waals surface area contributed by atoms with Crippen LogP contribution in [0.5, 0.6) is 0 Å². The Balaban J connectivity index is 1.88. The lowest BCUT2D eigenvalue weighted by Gasteiger charge is -2.25. The molecule has 2 heterocycles. The first-order valence-corrected chi connectivity index (χ1v) is 8.14. The fourth-order valence-electron chi connectivity index (χ4n) is 2.77. The van der Waals surface area contributed by atoms with Crippen molar-refractivity contribution < 1.29 is 4.79 Å². The Labute approximate surface area is 141 Å². The molecule has 0 N–H and O–H groups in total. The summed E-state index contributed by atoms with van der Waals surface area (Å²) in [4.78, 5) is 19.0. The molecular formula is C19H22N4O. The summed E-state index contributed by atoms with van der Waals surface area (Å²) in [5, 5.41) is 5.24. The van der Waals surface area contributed by atoms with Gasteiger partial charge in [-0.15, -0.1) is 0 Å². The molecule has 0 aliphatic carbocycles. The zero-order valence-electron chi connectivity index (χ0n) is 14.5. The molecule has 124 valence electrons. The minimum absolute atomic E-state index is 0.00668. The largest absolute Gasteiger partial charge is 0.335 e. The Hall–Kier alpha value is -2.69. The van der Waals surface area contributed by atoms with Gasteiger partial charge in [0.1, 0.15) is 0 Å². The molecular weight excluding hydrogens is 300 g/mol. The van der Waals surface area contributed by atoms with Gasteiger partial charge in [-0.25, -0.2) is 9.67 Å². The van der Waals surface area contributed by atoms with Gasteiger partial charge in [-0.05, 0) is 32.4 Å². The Kier molecular flexibility index (Phi) is 4.34. The number of amides is 1. The van der Waals surface area contributed by atoms with Crippen molar-refractivity contribution in [2.24, 2.45) is 0 Å². The second-order valence-corrected chi connectivity index (χ2v) is 6.32. The van der Waals surface area contributed by atoms with Gasteiger partial charge in [0.15, 0.2) is 5.65 Å². The highest BCUT2D eigenvalue weighted by Gasteiger charge is 2.20. The second kappa shape index (κ2) is 6.43. The van der Waals surface area contributed by atoms with E-state index >= 15 is 0 Å². The van der Waals surface area contributed by atoms with Crippen molar-refractivity contribution in [2.75, 3.05) is 7.05 Å². The van der Waals surface area contributed by atoms with Crippen molar-refractivity contribution in [1.29, 1.82) is 0 Å². The molecule has 0 saturated carbocycles. The summed E-state index contributed by atoms with van der Waals surface area (Å²) in [6, 6.07) is 12.1. The van der Waals surface area contributed by atoms with Gasteiger partial charge in [-0.3, -0.25) is 4.79 Å². The number of aromatic nitrogens is 3. The number of carbonyl (C=O) groups excluding carboxylic acids is 1. The number of rotatable bonds is 4. The molecule has 0 saturated heterocycles. The summed E-state index contributed by atoms with van der Waals surface area (Å²) in [5.74, 6) is -0.0435. The first kappa shape index (κ1) is 16.2. The molecule has 24 heavy (non-hydrogen) atoms. The second-order valence-electron chi connectivity index (χ2n) is 6.32. The van der Waals surface area contributed by atoms with Crippen molar-refractivity contribution in [1.82, 2.24) is 19.7 Å². The minimum atomic E-state index is -0.0435. The van der Waals surface area contributed by atoms with Gasteiger partial charge in [0, 0.05) is 24.7 Å². The van der Waals surface area contributed by atoms with Crippen molar-refractivity contribution in [3.05, 3.63) is 59.9 Å². The summed E-state index contributed by atoms with van der Waals surface area (Å²) >= 11 is 0. The summed E-state index contributed by atoms with van der Waals surface area (Å²) in [7, 11) is 1.82. The fourth-order valence-corrected chi connectivity index (χ4v) is 2.77. The third kappa shape index (κ3) is 2.89. The van der Waals surface area contributed by atoms with E-state index in [1.807, 2.05) is 55.1 Å². The molecule has 0 spiro atoms. The van der Waals surface area contributed by atoms with E-state index in [0.29, 0.717) is 5.56 Å². The molecule has 3 rings (SSSR count). The van der Waals surface area contributed by atoms with Crippen LogP contribution in [-0.4, -0.2) is 32.6 Å². The average molecular weight is 322 g/mol. The molecule has 0 fully saturated rings. The van der Waals surface area contributed by atoms with Gasteiger partial charge >= 0.3 is 0 Å². The molecule has 5 nitrogen and oxygen atoms in total. The lowest BCUT2D eigenvalue weighted by atomic mass is 10.1. The van der Waals surface area contributed by atoms with Gasteiger partial charge < -0.3 is 4.90 Å². The fraction of sp³-hybridized carbons (Fsp3) is 0.316. The average Bonchev–Trinajstić information content (AvgIpc) is 3.04. The Morgan fingerprint density at radius 3 is 2.50 bits per heavy atom. The molecule has 1 atom stereocenters. The molecule has 5 heteroatoms. The molecule has 0 radical (unpaired) electrons. The minimum Gasteiger partial charge on any atom is -0.335 e. The summed E-state index contributed by atoms with van der Waals surface area (Å²) in [5.41, 5.74) is 2.49. The quantitative estimate of drug-likeness (QED) is 0.733. The third-order valence-corrected chi connectivity index (χ3v) is 4.35. The van der Waals surface area contributed by atoms with E-state index in [9.17, 15) is 4.79 Å². The number of benzene rings is 1. The van der Waals surface area contributed by atoms with Crippen molar-refractivity contribution in [2.45, 2.75) is 32.9 Å². The van der Waals surface area contributed by atoms with E-state index < -0.39 is 0 Å². The van der Waals surface area contributed by atoms with Crippen LogP contribution >= 0.6 is 0 Å². The van der Waals surface area contributed by atoms with E-state index in [4.69, 9.17) is 0 Å². The van der Waals surface area contributed by atoms with Crippen molar-refractivity contribution in [3.8, 4) is 0 Å². The SMILES string of the molecule is CC(C)n1ncc2cc(C(=O)N(C)[C@@H](C)c3ccccc3)cnc21. The molecule has 0 aliphatic heterocycles. The summed E-state index contributed by atoms with van der Waals surface area (Å²) < 4.78 is 1.86. The number of nitrogens with zero attached hydrogens (tertiary/aromatic N) is 4. The van der Waals surface area contributed by atoms with Gasteiger partial charge in [0.25, 0.3) is 5.91 Å². The van der Waals surface area contributed by atoms with E-state index in [1.165, 1.54) is 0 Å². The van der Waals surface area contributed by atoms with E-state index in [-0.39, 0.29) is 18.0 Å². The van der Waals surface area contributed by atoms with Crippen LogP contribution in [-0.2, 0) is 0 Å². The highest BCUT2D eigenvalue weighted by molar-refractivity contribution is 5.96. The van der Waals surface area contributed by atoms with Gasteiger partial charge in [-0.2, -0.15) is 5.10 Å². The van der Waals surface area contributed by atoms with Gasteiger partial charge in [0.2, 0.25) is 0 Å². The van der Waals surface area contributed by atoms with Crippen LogP contribution in [0.4, 0.5) is 0 Å². The van der Waals surface area contributed by atoms with Crippen molar-refractivity contribution >= 4 is 16.9 Å². The number of carbonyl (C=O) groups is 1. The predicted molar refractivity (Wildman–Crippen MR) is 94.9 cm³/mol. The summed E-state index contributed by atoms with van der Waals surface area (Å²) in [6.07, 6.45) is 3.40. The normalized spacial score (nSPS) is 12.5. The molecule has 0 bridgehead atoms. The lowest BCUT2D eigenvalue weighted by Crippen LogP contribution is -2.29. The van der Waals surface area contributed by atoms with E-state index in [1.54, 1.807) is 17.3 Å². The Morgan fingerprint density at radius 1 is 1.12 bits per heavy atom. The Bertz CT molecular complexity index is 854.